The first-order valence-electron chi connectivity index (χ1n) is 6.70. The molecule has 1 aromatic carbocycles. The van der Waals surface area contributed by atoms with Crippen LogP contribution in [0.15, 0.2) is 53.7 Å². The van der Waals surface area contributed by atoms with Gasteiger partial charge in [-0.3, -0.25) is 9.78 Å². The van der Waals surface area contributed by atoms with Crippen molar-refractivity contribution < 1.29 is 4.55 Å². The average molecular weight is 313 g/mol. The van der Waals surface area contributed by atoms with Crippen molar-refractivity contribution in [1.29, 1.82) is 0 Å². The molecular weight excluding hydrogens is 298 g/mol. The molecule has 0 aliphatic heterocycles. The van der Waals surface area contributed by atoms with E-state index in [1.165, 1.54) is 0 Å². The maximum Gasteiger partial charge on any atom is 0.259 e. The standard InChI is InChI=1S/C16H15N3O2S/c1-19-10-15(13-6-7-17-9-14(13)16(19)20)11-4-3-5-12(8-11)18-22(2)21/h3-10,18H,1-2H3. The van der Waals surface area contributed by atoms with Gasteiger partial charge in [-0.2, -0.15) is 0 Å². The molecule has 1 unspecified atom stereocenters. The highest BCUT2D eigenvalue weighted by atomic mass is 32.2. The molecule has 6 heteroatoms. The molecule has 0 radical (unpaired) electrons. The first-order chi connectivity index (χ1) is 10.6. The molecule has 0 bridgehead atoms. The van der Waals surface area contributed by atoms with Crippen LogP contribution in [-0.2, 0) is 18.4 Å². The summed E-state index contributed by atoms with van der Waals surface area (Å²) in [5, 5.41) is 1.44. The molecule has 5 nitrogen and oxygen atoms in total. The maximum absolute atomic E-state index is 12.2. The highest BCUT2D eigenvalue weighted by molar-refractivity contribution is 7.92. The fourth-order valence-corrected chi connectivity index (χ4v) is 2.92. The first-order valence-corrected chi connectivity index (χ1v) is 8.26. The molecule has 0 saturated heterocycles. The molecule has 0 amide bonds. The van der Waals surface area contributed by atoms with Crippen LogP contribution in [-0.4, -0.2) is 20.4 Å². The number of hydrogen-bond acceptors (Lipinski definition) is 4. The second kappa shape index (κ2) is 5.82. The van der Waals surface area contributed by atoms with E-state index in [4.69, 9.17) is 0 Å². The Morgan fingerprint density at radius 2 is 2.09 bits per heavy atom. The zero-order chi connectivity index (χ0) is 15.7. The van der Waals surface area contributed by atoms with Gasteiger partial charge in [0.25, 0.3) is 5.56 Å². The van der Waals surface area contributed by atoms with E-state index >= 15 is 0 Å². The van der Waals surface area contributed by atoms with E-state index in [0.29, 0.717) is 5.39 Å². The number of hydrogen-bond donors (Lipinski definition) is 1. The van der Waals surface area contributed by atoms with E-state index in [-0.39, 0.29) is 5.56 Å². The van der Waals surface area contributed by atoms with Crippen LogP contribution in [0.4, 0.5) is 5.69 Å². The third kappa shape index (κ3) is 2.70. The van der Waals surface area contributed by atoms with Crippen LogP contribution < -0.4 is 10.3 Å². The Balaban J connectivity index is 2.22. The Hall–Kier alpha value is -2.31. The summed E-state index contributed by atoms with van der Waals surface area (Å²) in [4.78, 5) is 16.2. The van der Waals surface area contributed by atoms with Gasteiger partial charge in [-0.25, -0.2) is 4.72 Å². The normalized spacial score (nSPS) is 12.3. The third-order valence-corrected chi connectivity index (χ3v) is 3.94. The molecule has 2 heterocycles. The monoisotopic (exact) mass is 313 g/mol. The molecule has 0 saturated carbocycles. The van der Waals surface area contributed by atoms with Gasteiger partial charge in [-0.05, 0) is 29.1 Å². The maximum atomic E-state index is 12.2. The fraction of sp³-hybridized carbons (Fsp3) is 0.125. The molecule has 3 rings (SSSR count). The molecule has 1 atom stereocenters. The second-order valence-corrected chi connectivity index (χ2v) is 6.13. The summed E-state index contributed by atoms with van der Waals surface area (Å²) in [6.45, 7) is 0. The molecule has 0 aliphatic carbocycles. The highest BCUT2D eigenvalue weighted by Gasteiger charge is 2.10. The zero-order valence-corrected chi connectivity index (χ0v) is 13.1. The Morgan fingerprint density at radius 3 is 2.86 bits per heavy atom. The van der Waals surface area contributed by atoms with E-state index in [0.717, 1.165) is 22.2 Å². The van der Waals surface area contributed by atoms with Crippen LogP contribution in [0, 0.1) is 0 Å². The van der Waals surface area contributed by atoms with E-state index in [9.17, 15) is 9.35 Å². The largest absolute Gasteiger partial charge is 0.593 e. The third-order valence-electron chi connectivity index (χ3n) is 3.42. The molecule has 112 valence electrons. The SMILES string of the molecule is Cn1cc(-c2cccc(N[S+](C)[O-])c2)c2ccncc2c1=O. The van der Waals surface area contributed by atoms with Crippen LogP contribution in [0.25, 0.3) is 21.9 Å². The number of anilines is 1. The number of aryl methyl sites for hydroxylation is 1. The lowest BCUT2D eigenvalue weighted by atomic mass is 10.0. The van der Waals surface area contributed by atoms with Gasteiger partial charge in [0.2, 0.25) is 0 Å². The Kier molecular flexibility index (Phi) is 3.87. The molecule has 0 fully saturated rings. The lowest BCUT2D eigenvalue weighted by Crippen LogP contribution is -2.16. The van der Waals surface area contributed by atoms with Crippen molar-refractivity contribution in [2.24, 2.45) is 7.05 Å². The smallest absolute Gasteiger partial charge is 0.259 e. The van der Waals surface area contributed by atoms with Crippen molar-refractivity contribution in [3.63, 3.8) is 0 Å². The number of fused-ring (bicyclic) bond motifs is 1. The summed E-state index contributed by atoms with van der Waals surface area (Å²) in [5.74, 6) is 0. The topological polar surface area (TPSA) is 70.0 Å². The highest BCUT2D eigenvalue weighted by Crippen LogP contribution is 2.28. The van der Waals surface area contributed by atoms with Gasteiger partial charge < -0.3 is 9.12 Å². The predicted octanol–water partition coefficient (Wildman–Crippen LogP) is 2.31. The lowest BCUT2D eigenvalue weighted by molar-refractivity contribution is 0.605. The molecule has 3 aromatic rings. The van der Waals surface area contributed by atoms with Gasteiger partial charge in [0.1, 0.15) is 6.26 Å². The molecule has 22 heavy (non-hydrogen) atoms. The van der Waals surface area contributed by atoms with E-state index < -0.39 is 11.4 Å². The summed E-state index contributed by atoms with van der Waals surface area (Å²) in [5.41, 5.74) is 2.58. The van der Waals surface area contributed by atoms with Crippen molar-refractivity contribution in [3.05, 3.63) is 59.3 Å². The number of aromatic nitrogens is 2. The number of nitrogens with zero attached hydrogens (tertiary/aromatic N) is 2. The minimum absolute atomic E-state index is 0.0733. The van der Waals surface area contributed by atoms with Crippen molar-refractivity contribution >= 4 is 27.8 Å². The van der Waals surface area contributed by atoms with Crippen LogP contribution in [0.3, 0.4) is 0 Å². The quantitative estimate of drug-likeness (QED) is 0.753. The Morgan fingerprint density at radius 1 is 1.27 bits per heavy atom. The van der Waals surface area contributed by atoms with Crippen molar-refractivity contribution in [2.45, 2.75) is 0 Å². The van der Waals surface area contributed by atoms with Crippen LogP contribution in [0.5, 0.6) is 0 Å². The Bertz CT molecular complexity index is 890. The minimum Gasteiger partial charge on any atom is -0.593 e. The molecule has 1 N–H and O–H groups in total. The average Bonchev–Trinajstić information content (AvgIpc) is 2.50. The Labute approximate surface area is 130 Å². The van der Waals surface area contributed by atoms with Crippen molar-refractivity contribution in [3.8, 4) is 11.1 Å². The zero-order valence-electron chi connectivity index (χ0n) is 12.2. The summed E-state index contributed by atoms with van der Waals surface area (Å²) < 4.78 is 15.8. The first kappa shape index (κ1) is 14.6. The van der Waals surface area contributed by atoms with E-state index in [1.807, 2.05) is 36.5 Å². The van der Waals surface area contributed by atoms with Crippen LogP contribution in [0.2, 0.25) is 0 Å². The number of pyridine rings is 2. The van der Waals surface area contributed by atoms with Gasteiger partial charge in [-0.1, -0.05) is 12.1 Å². The van der Waals surface area contributed by atoms with Crippen molar-refractivity contribution in [1.82, 2.24) is 9.55 Å². The molecule has 2 aromatic heterocycles. The van der Waals surface area contributed by atoms with Gasteiger partial charge in [0, 0.05) is 31.2 Å². The molecule has 0 spiro atoms. The van der Waals surface area contributed by atoms with Gasteiger partial charge in [0.05, 0.1) is 22.4 Å². The van der Waals surface area contributed by atoms with E-state index in [2.05, 4.69) is 9.71 Å². The molecule has 0 aliphatic rings. The molecular formula is C16H15N3O2S. The number of benzene rings is 1. The van der Waals surface area contributed by atoms with Gasteiger partial charge in [-0.15, -0.1) is 0 Å². The predicted molar refractivity (Wildman–Crippen MR) is 90.1 cm³/mol. The summed E-state index contributed by atoms with van der Waals surface area (Å²) in [7, 11) is 1.72. The van der Waals surface area contributed by atoms with Gasteiger partial charge in [0.15, 0.2) is 0 Å². The van der Waals surface area contributed by atoms with E-state index in [1.54, 1.807) is 30.3 Å². The summed E-state index contributed by atoms with van der Waals surface area (Å²) >= 11 is -1.13. The summed E-state index contributed by atoms with van der Waals surface area (Å²) in [6.07, 6.45) is 6.66. The lowest BCUT2D eigenvalue weighted by Gasteiger charge is -2.11. The minimum atomic E-state index is -1.13. The van der Waals surface area contributed by atoms with Crippen LogP contribution in [0.1, 0.15) is 0 Å². The fourth-order valence-electron chi connectivity index (χ4n) is 2.46. The summed E-state index contributed by atoms with van der Waals surface area (Å²) in [6, 6.07) is 9.47. The second-order valence-electron chi connectivity index (χ2n) is 5.02. The van der Waals surface area contributed by atoms with Crippen LogP contribution >= 0.6 is 0 Å². The van der Waals surface area contributed by atoms with Crippen molar-refractivity contribution in [2.75, 3.05) is 11.0 Å². The number of rotatable bonds is 3. The number of nitrogens with one attached hydrogen (secondary N) is 1. The van der Waals surface area contributed by atoms with Gasteiger partial charge >= 0.3 is 0 Å².